The smallest absolute Gasteiger partial charge is 0.326 e. The molecule has 1 saturated heterocycles. The van der Waals surface area contributed by atoms with Crippen LogP contribution in [0.15, 0.2) is 40.1 Å². The van der Waals surface area contributed by atoms with Crippen LogP contribution in [0, 0.1) is 0 Å². The summed E-state index contributed by atoms with van der Waals surface area (Å²) in [6.07, 6.45) is -3.81. The number of hydrogen-bond donors (Lipinski definition) is 3. The van der Waals surface area contributed by atoms with Crippen LogP contribution in [0.3, 0.4) is 0 Å². The fourth-order valence-corrected chi connectivity index (χ4v) is 3.80. The van der Waals surface area contributed by atoms with E-state index >= 15 is 0 Å². The van der Waals surface area contributed by atoms with Crippen molar-refractivity contribution in [1.29, 1.82) is 0 Å². The Morgan fingerprint density at radius 3 is 2.48 bits per heavy atom. The highest BCUT2D eigenvalue weighted by Crippen LogP contribution is 2.33. The number of aliphatic hydroxyl groups excluding tert-OH is 3. The molecule has 0 spiro atoms. The fraction of sp³-hybridized carbons (Fsp3) is 0.471. The molecule has 2 amide bonds. The Hall–Kier alpha value is -1.34. The highest BCUT2D eigenvalue weighted by atomic mass is 127. The van der Waals surface area contributed by atoms with Crippen molar-refractivity contribution in [3.63, 3.8) is 0 Å². The first-order chi connectivity index (χ1) is 12.7. The molecule has 3 N–H and O–H groups in total. The summed E-state index contributed by atoms with van der Waals surface area (Å²) in [4.78, 5) is 14.7. The van der Waals surface area contributed by atoms with Crippen LogP contribution in [0.2, 0.25) is 0 Å². The van der Waals surface area contributed by atoms with E-state index in [0.29, 0.717) is 3.58 Å². The Labute approximate surface area is 168 Å². The van der Waals surface area contributed by atoms with Crippen molar-refractivity contribution in [2.24, 2.45) is 0 Å². The van der Waals surface area contributed by atoms with E-state index in [9.17, 15) is 28.9 Å². The van der Waals surface area contributed by atoms with Crippen LogP contribution in [-0.2, 0) is 10.7 Å². The average molecular weight is 496 g/mol. The third-order valence-corrected chi connectivity index (χ3v) is 5.11. The number of aliphatic hydroxyl groups is 3. The lowest BCUT2D eigenvalue weighted by molar-refractivity contribution is -0.0766. The van der Waals surface area contributed by atoms with Crippen molar-refractivity contribution < 1.29 is 33.6 Å². The zero-order valence-electron chi connectivity index (χ0n) is 14.1. The van der Waals surface area contributed by atoms with Gasteiger partial charge in [0.2, 0.25) is 0 Å². The lowest BCUT2D eigenvalue weighted by Crippen LogP contribution is -2.54. The predicted molar refractivity (Wildman–Crippen MR) is 99.0 cm³/mol. The van der Waals surface area contributed by atoms with E-state index in [1.807, 2.05) is 22.6 Å². The second-order valence-electron chi connectivity index (χ2n) is 6.42. The fourth-order valence-electron chi connectivity index (χ4n) is 3.09. The number of carbonyl (C=O) groups excluding carboxylic acids is 1. The number of hydrogen-bond acceptors (Lipinski definition) is 5. The lowest BCUT2D eigenvalue weighted by Gasteiger charge is -2.38. The highest BCUT2D eigenvalue weighted by Gasteiger charge is 2.48. The number of amides is 2. The molecule has 0 aromatic heterocycles. The number of alkyl halides is 2. The molecule has 0 saturated carbocycles. The summed E-state index contributed by atoms with van der Waals surface area (Å²) in [5.74, 6) is -3.26. The molecule has 27 heavy (non-hydrogen) atoms. The van der Waals surface area contributed by atoms with Crippen LogP contribution in [0.5, 0.6) is 0 Å². The van der Waals surface area contributed by atoms with E-state index < -0.39 is 49.6 Å². The highest BCUT2D eigenvalue weighted by molar-refractivity contribution is 14.1. The molecule has 1 unspecified atom stereocenters. The summed E-state index contributed by atoms with van der Waals surface area (Å²) < 4.78 is 35.2. The summed E-state index contributed by atoms with van der Waals surface area (Å²) in [5.41, 5.74) is -0.207. The van der Waals surface area contributed by atoms with Gasteiger partial charge in [-0.3, -0.25) is 4.90 Å². The maximum absolute atomic E-state index is 14.6. The normalized spacial score (nSPS) is 29.3. The van der Waals surface area contributed by atoms with Gasteiger partial charge in [-0.05, 0) is 22.6 Å². The van der Waals surface area contributed by atoms with E-state index in [-0.39, 0.29) is 12.1 Å². The summed E-state index contributed by atoms with van der Waals surface area (Å²) in [6.45, 7) is -1.40. The summed E-state index contributed by atoms with van der Waals surface area (Å²) >= 11 is 1.91. The van der Waals surface area contributed by atoms with Crippen LogP contribution in [0.4, 0.5) is 13.6 Å². The number of benzene rings is 1. The van der Waals surface area contributed by atoms with Crippen LogP contribution in [0.1, 0.15) is 5.56 Å². The summed E-state index contributed by atoms with van der Waals surface area (Å²) in [7, 11) is 0. The van der Waals surface area contributed by atoms with Crippen LogP contribution >= 0.6 is 22.6 Å². The number of halogens is 3. The SMILES string of the molecule is O=C1N(CC(F)(F)c2ccccc2)CC(I)=CN1[C@@H]1O[C@H](CO)[C@H](O)C1O. The molecule has 10 heteroatoms. The Bertz CT molecular complexity index is 721. The molecule has 2 aliphatic rings. The minimum absolute atomic E-state index is 0.00683. The van der Waals surface area contributed by atoms with Gasteiger partial charge in [-0.2, -0.15) is 8.78 Å². The van der Waals surface area contributed by atoms with Crippen LogP contribution < -0.4 is 0 Å². The van der Waals surface area contributed by atoms with Gasteiger partial charge in [-0.1, -0.05) is 30.3 Å². The number of ether oxygens (including phenoxy) is 1. The van der Waals surface area contributed by atoms with Crippen molar-refractivity contribution in [3.8, 4) is 0 Å². The Balaban J connectivity index is 1.80. The summed E-state index contributed by atoms with van der Waals surface area (Å²) in [6, 6.07) is 6.42. The maximum Gasteiger partial charge on any atom is 0.326 e. The van der Waals surface area contributed by atoms with Gasteiger partial charge in [0.15, 0.2) is 6.23 Å². The molecule has 0 bridgehead atoms. The van der Waals surface area contributed by atoms with Gasteiger partial charge >= 0.3 is 6.03 Å². The largest absolute Gasteiger partial charge is 0.394 e. The number of rotatable bonds is 5. The standard InChI is InChI=1S/C17H19F2IN2O5/c18-17(19,10-4-2-1-3-5-10)9-21-6-11(20)7-22(16(21)26)15-14(25)13(24)12(8-23)27-15/h1-5,7,12-15,23-25H,6,8-9H2/t12-,13+,14?,15-/m1/s1. The van der Waals surface area contributed by atoms with Crippen molar-refractivity contribution in [1.82, 2.24) is 9.80 Å². The average Bonchev–Trinajstić information content (AvgIpc) is 2.93. The van der Waals surface area contributed by atoms with Gasteiger partial charge < -0.3 is 25.0 Å². The van der Waals surface area contributed by atoms with E-state index in [4.69, 9.17) is 4.74 Å². The van der Waals surface area contributed by atoms with Gasteiger partial charge in [0.1, 0.15) is 18.3 Å². The topological polar surface area (TPSA) is 93.5 Å². The van der Waals surface area contributed by atoms with E-state index in [0.717, 1.165) is 9.80 Å². The zero-order chi connectivity index (χ0) is 19.8. The second kappa shape index (κ2) is 7.95. The first-order valence-electron chi connectivity index (χ1n) is 8.24. The summed E-state index contributed by atoms with van der Waals surface area (Å²) in [5, 5.41) is 29.2. The molecule has 7 nitrogen and oxygen atoms in total. The molecule has 0 radical (unpaired) electrons. The number of carbonyl (C=O) groups is 1. The molecule has 1 fully saturated rings. The quantitative estimate of drug-likeness (QED) is 0.534. The molecule has 0 aliphatic carbocycles. The Kier molecular flexibility index (Phi) is 6.01. The van der Waals surface area contributed by atoms with Crippen molar-refractivity contribution in [3.05, 3.63) is 45.7 Å². The Morgan fingerprint density at radius 2 is 1.89 bits per heavy atom. The molecular weight excluding hydrogens is 477 g/mol. The molecule has 1 aromatic rings. The number of urea groups is 1. The molecule has 4 atom stereocenters. The molecule has 148 valence electrons. The molecular formula is C17H19F2IN2O5. The number of nitrogens with zero attached hydrogens (tertiary/aromatic N) is 2. The van der Waals surface area contributed by atoms with Gasteiger partial charge in [-0.15, -0.1) is 0 Å². The van der Waals surface area contributed by atoms with E-state index in [1.165, 1.54) is 30.5 Å². The van der Waals surface area contributed by atoms with E-state index in [2.05, 4.69) is 0 Å². The first kappa shape index (κ1) is 20.4. The minimum Gasteiger partial charge on any atom is -0.394 e. The van der Waals surface area contributed by atoms with Crippen molar-refractivity contribution in [2.75, 3.05) is 19.7 Å². The van der Waals surface area contributed by atoms with Gasteiger partial charge in [0, 0.05) is 15.3 Å². The Morgan fingerprint density at radius 1 is 1.22 bits per heavy atom. The van der Waals surface area contributed by atoms with Gasteiger partial charge in [0.05, 0.1) is 19.7 Å². The third kappa shape index (κ3) is 4.09. The lowest BCUT2D eigenvalue weighted by atomic mass is 10.1. The molecule has 3 rings (SSSR count). The van der Waals surface area contributed by atoms with Crippen molar-refractivity contribution >= 4 is 28.6 Å². The molecule has 1 aromatic carbocycles. The predicted octanol–water partition coefficient (Wildman–Crippen LogP) is 1.23. The second-order valence-corrected chi connectivity index (χ2v) is 7.81. The van der Waals surface area contributed by atoms with Crippen molar-refractivity contribution in [2.45, 2.75) is 30.5 Å². The third-order valence-electron chi connectivity index (χ3n) is 4.49. The zero-order valence-corrected chi connectivity index (χ0v) is 16.2. The minimum atomic E-state index is -3.26. The van der Waals surface area contributed by atoms with Crippen LogP contribution in [0.25, 0.3) is 0 Å². The van der Waals surface area contributed by atoms with Gasteiger partial charge in [0.25, 0.3) is 5.92 Å². The monoisotopic (exact) mass is 496 g/mol. The molecule has 2 heterocycles. The van der Waals surface area contributed by atoms with Crippen LogP contribution in [-0.4, -0.2) is 75.4 Å². The maximum atomic E-state index is 14.6. The van der Waals surface area contributed by atoms with Gasteiger partial charge in [-0.25, -0.2) is 4.79 Å². The van der Waals surface area contributed by atoms with E-state index in [1.54, 1.807) is 6.07 Å². The molecule has 2 aliphatic heterocycles. The first-order valence-corrected chi connectivity index (χ1v) is 9.31.